The maximum atomic E-state index is 9.25. The van der Waals surface area contributed by atoms with Crippen molar-refractivity contribution in [2.75, 3.05) is 6.54 Å². The van der Waals surface area contributed by atoms with E-state index in [4.69, 9.17) is 23.2 Å². The Bertz CT molecular complexity index is 596. The molecular weight excluding hydrogens is 297 g/mol. The molecule has 1 atom stereocenters. The number of aliphatic hydroxyl groups is 1. The SMILES string of the molecule is Cc1nn(-c2cccc(Cl)c2)c(Cl)c1CNCC(C)O. The van der Waals surface area contributed by atoms with Gasteiger partial charge in [0, 0.05) is 23.7 Å². The van der Waals surface area contributed by atoms with E-state index in [2.05, 4.69) is 10.4 Å². The van der Waals surface area contributed by atoms with Crippen LogP contribution in [0, 0.1) is 6.92 Å². The van der Waals surface area contributed by atoms with Crippen LogP contribution in [0.3, 0.4) is 0 Å². The number of benzene rings is 1. The van der Waals surface area contributed by atoms with Gasteiger partial charge in [0.15, 0.2) is 0 Å². The summed E-state index contributed by atoms with van der Waals surface area (Å²) >= 11 is 12.4. The van der Waals surface area contributed by atoms with Gasteiger partial charge in [-0.1, -0.05) is 29.3 Å². The maximum Gasteiger partial charge on any atom is 0.137 e. The first-order valence-corrected chi connectivity index (χ1v) is 7.13. The molecule has 20 heavy (non-hydrogen) atoms. The van der Waals surface area contributed by atoms with Gasteiger partial charge in [0.25, 0.3) is 0 Å². The van der Waals surface area contributed by atoms with E-state index in [0.29, 0.717) is 23.3 Å². The molecule has 108 valence electrons. The normalized spacial score (nSPS) is 12.7. The Morgan fingerprint density at radius 3 is 2.80 bits per heavy atom. The summed E-state index contributed by atoms with van der Waals surface area (Å²) in [6.07, 6.45) is -0.392. The van der Waals surface area contributed by atoms with Crippen LogP contribution < -0.4 is 5.32 Å². The maximum absolute atomic E-state index is 9.25. The van der Waals surface area contributed by atoms with Crippen molar-refractivity contribution in [3.63, 3.8) is 0 Å². The van der Waals surface area contributed by atoms with Crippen molar-refractivity contribution in [3.8, 4) is 5.69 Å². The first kappa shape index (κ1) is 15.3. The van der Waals surface area contributed by atoms with Crippen LogP contribution in [-0.2, 0) is 6.54 Å². The zero-order chi connectivity index (χ0) is 14.7. The second kappa shape index (κ2) is 6.59. The Kier molecular flexibility index (Phi) is 5.05. The number of rotatable bonds is 5. The summed E-state index contributed by atoms with van der Waals surface area (Å²) in [5.41, 5.74) is 2.60. The fourth-order valence-electron chi connectivity index (χ4n) is 1.92. The largest absolute Gasteiger partial charge is 0.392 e. The van der Waals surface area contributed by atoms with Gasteiger partial charge in [-0.3, -0.25) is 0 Å². The van der Waals surface area contributed by atoms with Crippen molar-refractivity contribution in [3.05, 3.63) is 45.7 Å². The van der Waals surface area contributed by atoms with Crippen molar-refractivity contribution in [1.82, 2.24) is 15.1 Å². The van der Waals surface area contributed by atoms with Gasteiger partial charge in [-0.25, -0.2) is 4.68 Å². The summed E-state index contributed by atoms with van der Waals surface area (Å²) in [6, 6.07) is 7.38. The van der Waals surface area contributed by atoms with Gasteiger partial charge in [0.1, 0.15) is 5.15 Å². The van der Waals surface area contributed by atoms with Crippen molar-refractivity contribution in [1.29, 1.82) is 0 Å². The van der Waals surface area contributed by atoms with Crippen molar-refractivity contribution in [2.45, 2.75) is 26.5 Å². The highest BCUT2D eigenvalue weighted by atomic mass is 35.5. The zero-order valence-electron chi connectivity index (χ0n) is 11.4. The molecule has 1 unspecified atom stereocenters. The quantitative estimate of drug-likeness (QED) is 0.892. The molecule has 4 nitrogen and oxygen atoms in total. The molecule has 6 heteroatoms. The molecule has 0 saturated heterocycles. The monoisotopic (exact) mass is 313 g/mol. The first-order chi connectivity index (χ1) is 9.49. The number of nitrogens with zero attached hydrogens (tertiary/aromatic N) is 2. The van der Waals surface area contributed by atoms with Gasteiger partial charge in [-0.05, 0) is 32.0 Å². The number of aryl methyl sites for hydroxylation is 1. The number of hydrogen-bond acceptors (Lipinski definition) is 3. The fraction of sp³-hybridized carbons (Fsp3) is 0.357. The second-order valence-electron chi connectivity index (χ2n) is 4.73. The van der Waals surface area contributed by atoms with Crippen molar-refractivity contribution in [2.24, 2.45) is 0 Å². The third kappa shape index (κ3) is 3.52. The highest BCUT2D eigenvalue weighted by molar-refractivity contribution is 6.31. The van der Waals surface area contributed by atoms with E-state index in [1.54, 1.807) is 17.7 Å². The molecule has 0 saturated carbocycles. The molecule has 1 aromatic carbocycles. The number of aliphatic hydroxyl groups excluding tert-OH is 1. The number of nitrogens with one attached hydrogen (secondary N) is 1. The highest BCUT2D eigenvalue weighted by Crippen LogP contribution is 2.24. The Hall–Kier alpha value is -1.07. The lowest BCUT2D eigenvalue weighted by Gasteiger charge is -2.07. The average Bonchev–Trinajstić information content (AvgIpc) is 2.66. The molecule has 0 radical (unpaired) electrons. The van der Waals surface area contributed by atoms with Gasteiger partial charge < -0.3 is 10.4 Å². The molecule has 1 heterocycles. The molecule has 0 amide bonds. The molecule has 2 aromatic rings. The van der Waals surface area contributed by atoms with Gasteiger partial charge in [-0.15, -0.1) is 0 Å². The molecule has 0 fully saturated rings. The van der Waals surface area contributed by atoms with Gasteiger partial charge in [0.2, 0.25) is 0 Å². The number of halogens is 2. The highest BCUT2D eigenvalue weighted by Gasteiger charge is 2.14. The molecule has 1 aromatic heterocycles. The predicted molar refractivity (Wildman–Crippen MR) is 81.7 cm³/mol. The van der Waals surface area contributed by atoms with Crippen LogP contribution in [0.4, 0.5) is 0 Å². The van der Waals surface area contributed by atoms with E-state index in [9.17, 15) is 5.11 Å². The Labute approximate surface area is 128 Å². The van der Waals surface area contributed by atoms with Gasteiger partial charge >= 0.3 is 0 Å². The Balaban J connectivity index is 2.24. The third-order valence-corrected chi connectivity index (χ3v) is 3.54. The standard InChI is InChI=1S/C14H17Cl2N3O/c1-9(20)7-17-8-13-10(2)18-19(14(13)16)12-5-3-4-11(15)6-12/h3-6,9,17,20H,7-8H2,1-2H3. The van der Waals surface area contributed by atoms with E-state index < -0.39 is 6.10 Å². The molecular formula is C14H17Cl2N3O. The fourth-order valence-corrected chi connectivity index (χ4v) is 2.44. The smallest absolute Gasteiger partial charge is 0.137 e. The van der Waals surface area contributed by atoms with Crippen LogP contribution in [0.5, 0.6) is 0 Å². The lowest BCUT2D eigenvalue weighted by molar-refractivity contribution is 0.191. The Morgan fingerprint density at radius 2 is 2.15 bits per heavy atom. The molecule has 0 bridgehead atoms. The average molecular weight is 314 g/mol. The first-order valence-electron chi connectivity index (χ1n) is 6.37. The summed E-state index contributed by atoms with van der Waals surface area (Å²) in [6.45, 7) is 4.72. The summed E-state index contributed by atoms with van der Waals surface area (Å²) in [5, 5.41) is 18.0. The van der Waals surface area contributed by atoms with Crippen LogP contribution in [0.25, 0.3) is 5.69 Å². The molecule has 0 aliphatic heterocycles. The van der Waals surface area contributed by atoms with Crippen LogP contribution in [0.2, 0.25) is 10.2 Å². The van der Waals surface area contributed by atoms with Crippen molar-refractivity contribution >= 4 is 23.2 Å². The van der Waals surface area contributed by atoms with Gasteiger partial charge in [0.05, 0.1) is 17.5 Å². The summed E-state index contributed by atoms with van der Waals surface area (Å²) in [7, 11) is 0. The molecule has 0 aliphatic rings. The lowest BCUT2D eigenvalue weighted by Crippen LogP contribution is -2.24. The number of hydrogen-bond donors (Lipinski definition) is 2. The third-order valence-electron chi connectivity index (χ3n) is 2.92. The second-order valence-corrected chi connectivity index (χ2v) is 5.52. The molecule has 0 spiro atoms. The minimum absolute atomic E-state index is 0.392. The van der Waals surface area contributed by atoms with E-state index in [-0.39, 0.29) is 0 Å². The number of aromatic nitrogens is 2. The minimum atomic E-state index is -0.392. The summed E-state index contributed by atoms with van der Waals surface area (Å²) < 4.78 is 1.67. The molecule has 0 aliphatic carbocycles. The summed E-state index contributed by atoms with van der Waals surface area (Å²) in [5.74, 6) is 0. The predicted octanol–water partition coefficient (Wildman–Crippen LogP) is 2.96. The van der Waals surface area contributed by atoms with E-state index in [0.717, 1.165) is 16.9 Å². The van der Waals surface area contributed by atoms with Gasteiger partial charge in [-0.2, -0.15) is 5.10 Å². The van der Waals surface area contributed by atoms with Crippen molar-refractivity contribution < 1.29 is 5.11 Å². The Morgan fingerprint density at radius 1 is 1.40 bits per heavy atom. The van der Waals surface area contributed by atoms with Crippen LogP contribution >= 0.6 is 23.2 Å². The minimum Gasteiger partial charge on any atom is -0.392 e. The molecule has 2 N–H and O–H groups in total. The van der Waals surface area contributed by atoms with E-state index in [1.807, 2.05) is 25.1 Å². The van der Waals surface area contributed by atoms with E-state index >= 15 is 0 Å². The molecule has 2 rings (SSSR count). The zero-order valence-corrected chi connectivity index (χ0v) is 12.9. The van der Waals surface area contributed by atoms with Crippen LogP contribution in [0.15, 0.2) is 24.3 Å². The topological polar surface area (TPSA) is 50.1 Å². The summed E-state index contributed by atoms with van der Waals surface area (Å²) in [4.78, 5) is 0. The van der Waals surface area contributed by atoms with E-state index in [1.165, 1.54) is 0 Å². The van der Waals surface area contributed by atoms with Crippen LogP contribution in [0.1, 0.15) is 18.2 Å². The lowest BCUT2D eigenvalue weighted by atomic mass is 10.2. The van der Waals surface area contributed by atoms with Crippen LogP contribution in [-0.4, -0.2) is 27.5 Å².